The van der Waals surface area contributed by atoms with E-state index in [1.165, 1.54) is 12.1 Å². The van der Waals surface area contributed by atoms with E-state index in [4.69, 9.17) is 27.9 Å². The molecule has 0 aliphatic carbocycles. The summed E-state index contributed by atoms with van der Waals surface area (Å²) in [6.07, 6.45) is 0.198. The van der Waals surface area contributed by atoms with E-state index in [9.17, 15) is 23.9 Å². The number of fused-ring (bicyclic) bond motifs is 2. The minimum atomic E-state index is -1.55. The van der Waals surface area contributed by atoms with Crippen molar-refractivity contribution in [2.24, 2.45) is 0 Å². The van der Waals surface area contributed by atoms with E-state index in [0.29, 0.717) is 38.0 Å². The van der Waals surface area contributed by atoms with E-state index in [2.05, 4.69) is 10.6 Å². The molecular formula is C31H29Cl2FN2O5. The van der Waals surface area contributed by atoms with Crippen LogP contribution in [0.4, 0.5) is 10.1 Å². The third kappa shape index (κ3) is 4.63. The highest BCUT2D eigenvalue weighted by Gasteiger charge is 2.62. The van der Waals surface area contributed by atoms with Crippen LogP contribution >= 0.6 is 23.2 Å². The van der Waals surface area contributed by atoms with Crippen molar-refractivity contribution in [3.8, 4) is 5.75 Å². The molecule has 1 saturated heterocycles. The number of hydrogen-bond acceptors (Lipinski definition) is 4. The van der Waals surface area contributed by atoms with Gasteiger partial charge in [0.05, 0.1) is 6.04 Å². The van der Waals surface area contributed by atoms with Crippen LogP contribution in [0.25, 0.3) is 0 Å². The molecule has 5 rings (SSSR count). The first-order chi connectivity index (χ1) is 19.5. The van der Waals surface area contributed by atoms with Crippen molar-refractivity contribution in [2.45, 2.75) is 63.0 Å². The van der Waals surface area contributed by atoms with Crippen molar-refractivity contribution in [2.75, 3.05) is 5.32 Å². The smallest absolute Gasteiger partial charge is 0.348 e. The van der Waals surface area contributed by atoms with Crippen LogP contribution in [0, 0.1) is 12.7 Å². The molecule has 3 aromatic carbocycles. The lowest BCUT2D eigenvalue weighted by Crippen LogP contribution is -2.57. The summed E-state index contributed by atoms with van der Waals surface area (Å²) in [7, 11) is 0. The van der Waals surface area contributed by atoms with Gasteiger partial charge in [0.2, 0.25) is 17.4 Å². The lowest BCUT2D eigenvalue weighted by molar-refractivity contribution is -0.156. The fourth-order valence-corrected chi connectivity index (χ4v) is 6.63. The Kier molecular flexibility index (Phi) is 7.51. The van der Waals surface area contributed by atoms with Crippen molar-refractivity contribution in [3.05, 3.63) is 92.7 Å². The minimum Gasteiger partial charge on any atom is -0.478 e. The molecule has 3 N–H and O–H groups in total. The number of carbonyl (C=O) groups excluding carboxylic acids is 2. The van der Waals surface area contributed by atoms with Crippen molar-refractivity contribution >= 4 is 46.7 Å². The average molecular weight is 599 g/mol. The standard InChI is InChI=1S/C31H29Cl2FN2O5/c1-4-30(5-2,29(39)40)41-25-11-8-17(32)12-21(25)23-15-26(37)36-27(20-14-19(34)9-6-16(20)3)31(23)22-10-7-18(33)13-24(22)35-28(31)38/h6-14,23,27H,4-5,15H2,1-3H3,(H,35,38)(H,36,37)(H,39,40)/t23-,27+,31?/m1/s1. The number of nitrogens with one attached hydrogen (secondary N) is 2. The van der Waals surface area contributed by atoms with Gasteiger partial charge in [0, 0.05) is 33.6 Å². The predicted octanol–water partition coefficient (Wildman–Crippen LogP) is 6.70. The normalized spacial score (nSPS) is 21.8. The number of halogens is 3. The van der Waals surface area contributed by atoms with E-state index in [0.717, 1.165) is 0 Å². The molecule has 41 heavy (non-hydrogen) atoms. The molecule has 1 spiro atoms. The lowest BCUT2D eigenvalue weighted by atomic mass is 9.59. The van der Waals surface area contributed by atoms with Gasteiger partial charge in [-0.15, -0.1) is 0 Å². The van der Waals surface area contributed by atoms with E-state index in [1.807, 2.05) is 0 Å². The minimum absolute atomic E-state index is 0.143. The molecule has 0 bridgehead atoms. The van der Waals surface area contributed by atoms with E-state index in [-0.39, 0.29) is 30.9 Å². The number of piperidine rings is 1. The Balaban J connectivity index is 1.82. The van der Waals surface area contributed by atoms with Gasteiger partial charge in [0.1, 0.15) is 17.0 Å². The Bertz CT molecular complexity index is 1570. The number of carbonyl (C=O) groups is 3. The van der Waals surface area contributed by atoms with Crippen LogP contribution in [-0.4, -0.2) is 28.5 Å². The maximum absolute atomic E-state index is 14.7. The van der Waals surface area contributed by atoms with Gasteiger partial charge in [-0.1, -0.05) is 49.2 Å². The van der Waals surface area contributed by atoms with Crippen LogP contribution in [0.3, 0.4) is 0 Å². The number of carboxylic acids is 1. The molecule has 214 valence electrons. The van der Waals surface area contributed by atoms with Crippen LogP contribution < -0.4 is 15.4 Å². The number of carboxylic acid groups (broad SMARTS) is 1. The quantitative estimate of drug-likeness (QED) is 0.281. The van der Waals surface area contributed by atoms with E-state index >= 15 is 0 Å². The van der Waals surface area contributed by atoms with Crippen LogP contribution in [0.2, 0.25) is 10.0 Å². The maximum Gasteiger partial charge on any atom is 0.348 e. The highest BCUT2D eigenvalue weighted by molar-refractivity contribution is 6.31. The van der Waals surface area contributed by atoms with Crippen molar-refractivity contribution in [3.63, 3.8) is 0 Å². The zero-order chi connectivity index (χ0) is 29.7. The summed E-state index contributed by atoms with van der Waals surface area (Å²) in [5.41, 5.74) is -0.490. The van der Waals surface area contributed by atoms with Crippen LogP contribution in [0.15, 0.2) is 54.6 Å². The van der Waals surface area contributed by atoms with Crippen LogP contribution in [0.5, 0.6) is 5.75 Å². The highest BCUT2D eigenvalue weighted by atomic mass is 35.5. The second-order valence-electron chi connectivity index (χ2n) is 10.6. The zero-order valence-corrected chi connectivity index (χ0v) is 24.2. The Morgan fingerprint density at radius 3 is 2.41 bits per heavy atom. The molecule has 0 aromatic heterocycles. The lowest BCUT2D eigenvalue weighted by Gasteiger charge is -2.47. The number of ether oxygens (including phenoxy) is 1. The molecule has 2 aliphatic rings. The summed E-state index contributed by atoms with van der Waals surface area (Å²) in [6, 6.07) is 13.0. The van der Waals surface area contributed by atoms with Crippen LogP contribution in [-0.2, 0) is 19.8 Å². The number of aryl methyl sites for hydroxylation is 1. The maximum atomic E-state index is 14.7. The Morgan fingerprint density at radius 1 is 1.05 bits per heavy atom. The number of benzene rings is 3. The molecule has 7 nitrogen and oxygen atoms in total. The number of hydrogen-bond donors (Lipinski definition) is 3. The first kappa shape index (κ1) is 28.9. The molecule has 2 aliphatic heterocycles. The van der Waals surface area contributed by atoms with Gasteiger partial charge in [-0.25, -0.2) is 9.18 Å². The van der Waals surface area contributed by atoms with Gasteiger partial charge in [0.15, 0.2) is 0 Å². The fourth-order valence-electron chi connectivity index (χ4n) is 6.28. The summed E-state index contributed by atoms with van der Waals surface area (Å²) in [5.74, 6) is -3.12. The Morgan fingerprint density at radius 2 is 1.73 bits per heavy atom. The molecule has 0 saturated carbocycles. The molecule has 3 aromatic rings. The molecule has 10 heteroatoms. The largest absolute Gasteiger partial charge is 0.478 e. The van der Waals surface area contributed by atoms with Gasteiger partial charge in [-0.2, -0.15) is 0 Å². The predicted molar refractivity (Wildman–Crippen MR) is 154 cm³/mol. The van der Waals surface area contributed by atoms with Gasteiger partial charge >= 0.3 is 5.97 Å². The molecule has 2 heterocycles. The van der Waals surface area contributed by atoms with E-state index in [1.54, 1.807) is 63.2 Å². The second-order valence-corrected chi connectivity index (χ2v) is 11.4. The van der Waals surface area contributed by atoms with Gasteiger partial charge in [0.25, 0.3) is 0 Å². The molecule has 1 unspecified atom stereocenters. The molecule has 1 fully saturated rings. The first-order valence-corrected chi connectivity index (χ1v) is 14.1. The fraction of sp³-hybridized carbons (Fsp3) is 0.323. The van der Waals surface area contributed by atoms with Gasteiger partial charge in [-0.3, -0.25) is 9.59 Å². The topological polar surface area (TPSA) is 105 Å². The van der Waals surface area contributed by atoms with Crippen molar-refractivity contribution in [1.82, 2.24) is 5.32 Å². The van der Waals surface area contributed by atoms with Gasteiger partial charge in [-0.05, 0) is 78.9 Å². The van der Waals surface area contributed by atoms with Gasteiger partial charge < -0.3 is 20.5 Å². The summed E-state index contributed by atoms with van der Waals surface area (Å²) in [4.78, 5) is 40.1. The third-order valence-corrected chi connectivity index (χ3v) is 8.96. The molecule has 0 radical (unpaired) electrons. The molecule has 2 amide bonds. The zero-order valence-electron chi connectivity index (χ0n) is 22.7. The number of amides is 2. The third-order valence-electron chi connectivity index (χ3n) is 8.49. The van der Waals surface area contributed by atoms with Crippen molar-refractivity contribution in [1.29, 1.82) is 0 Å². The summed E-state index contributed by atoms with van der Waals surface area (Å²) in [6.45, 7) is 5.22. The van der Waals surface area contributed by atoms with Crippen LogP contribution in [0.1, 0.15) is 67.3 Å². The second kappa shape index (κ2) is 10.7. The SMILES string of the molecule is CCC(CC)(Oc1ccc(Cl)cc1[C@H]1CC(=O)N[C@@H](c2cc(F)ccc2C)C12C(=O)Nc1cc(Cl)ccc12)C(=O)O. The number of rotatable bonds is 7. The Hall–Kier alpha value is -3.62. The van der Waals surface area contributed by atoms with Crippen molar-refractivity contribution < 1.29 is 28.6 Å². The average Bonchev–Trinajstić information content (AvgIpc) is 3.21. The highest BCUT2D eigenvalue weighted by Crippen LogP contribution is 2.59. The Labute approximate surface area is 247 Å². The monoisotopic (exact) mass is 598 g/mol. The molecular weight excluding hydrogens is 570 g/mol. The molecule has 3 atom stereocenters. The summed E-state index contributed by atoms with van der Waals surface area (Å²) < 4.78 is 20.9. The van der Waals surface area contributed by atoms with E-state index < -0.39 is 40.7 Å². The summed E-state index contributed by atoms with van der Waals surface area (Å²) in [5, 5.41) is 16.7. The number of anilines is 1. The first-order valence-electron chi connectivity index (χ1n) is 13.4. The number of aliphatic carboxylic acids is 1. The summed E-state index contributed by atoms with van der Waals surface area (Å²) >= 11 is 12.8.